The maximum absolute atomic E-state index is 9.81. The molecule has 0 amide bonds. The van der Waals surface area contributed by atoms with Gasteiger partial charge in [0.25, 0.3) is 0 Å². The van der Waals surface area contributed by atoms with Crippen LogP contribution in [0.1, 0.15) is 20.3 Å². The summed E-state index contributed by atoms with van der Waals surface area (Å²) in [5, 5.41) is 8.08. The van der Waals surface area contributed by atoms with Gasteiger partial charge in [0, 0.05) is 6.42 Å². The molecule has 50 valence electrons. The van der Waals surface area contributed by atoms with Crippen LogP contribution in [-0.2, 0) is 4.79 Å². The van der Waals surface area contributed by atoms with Crippen molar-refractivity contribution in [3.63, 3.8) is 0 Å². The molecule has 0 bridgehead atoms. The third-order valence-corrected chi connectivity index (χ3v) is 0.583. The van der Waals surface area contributed by atoms with Crippen molar-refractivity contribution < 1.29 is 9.90 Å². The molecular weight excluding hydrogens is 301 g/mol. The first-order chi connectivity index (χ1) is 3.13. The zero-order valence-electron chi connectivity index (χ0n) is 5.35. The second kappa shape index (κ2) is 5.49. The Bertz CT molecular complexity index is 70.8. The quantitative estimate of drug-likeness (QED) is 0.725. The minimum absolute atomic E-state index is 0. The molecule has 0 unspecified atom stereocenters. The van der Waals surface area contributed by atoms with Crippen molar-refractivity contribution in [1.29, 1.82) is 0 Å². The Morgan fingerprint density at radius 3 is 2.00 bits per heavy atom. The van der Waals surface area contributed by atoms with Crippen molar-refractivity contribution in [2.75, 3.05) is 0 Å². The summed E-state index contributed by atoms with van der Waals surface area (Å²) in [6.45, 7) is 3.77. The van der Waals surface area contributed by atoms with Gasteiger partial charge in [0.15, 0.2) is 0 Å². The summed E-state index contributed by atoms with van der Waals surface area (Å²) in [5.74, 6) is -0.438. The Morgan fingerprint density at radius 1 is 1.62 bits per heavy atom. The predicted octanol–water partition coefficient (Wildman–Crippen LogP) is -0.0668. The molecule has 0 rings (SSSR count). The van der Waals surface area contributed by atoms with Crippen molar-refractivity contribution >= 4 is 32.2 Å². The van der Waals surface area contributed by atoms with E-state index in [4.69, 9.17) is 5.11 Å². The summed E-state index contributed by atoms with van der Waals surface area (Å²) >= 11 is 0. The second-order valence-electron chi connectivity index (χ2n) is 1.99. The number of rotatable bonds is 2. The Kier molecular flexibility index (Phi) is 7.68. The molecule has 0 aliphatic carbocycles. The Hall–Kier alpha value is 0.353. The van der Waals surface area contributed by atoms with E-state index in [-0.39, 0.29) is 38.5 Å². The van der Waals surface area contributed by atoms with E-state index < -0.39 is 5.97 Å². The molecule has 0 atom stereocenters. The molecule has 0 aromatic rings. The molecule has 0 aliphatic heterocycles. The van der Waals surface area contributed by atoms with Crippen LogP contribution in [-0.4, -0.2) is 37.3 Å². The summed E-state index contributed by atoms with van der Waals surface area (Å²) in [7, 11) is 0. The van der Waals surface area contributed by atoms with E-state index in [1.807, 2.05) is 13.8 Å². The van der Waals surface area contributed by atoms with Crippen LogP contribution in [0.5, 0.6) is 0 Å². The van der Waals surface area contributed by atoms with E-state index in [0.717, 1.165) is 0 Å². The van der Waals surface area contributed by atoms with Gasteiger partial charge in [-0.3, -0.25) is 4.79 Å². The molecule has 0 aromatic heterocycles. The zero-order valence-corrected chi connectivity index (χ0v) is 10.8. The van der Waals surface area contributed by atoms with Crippen molar-refractivity contribution in [3.8, 4) is 0 Å². The molecule has 0 fully saturated rings. The van der Waals surface area contributed by atoms with Gasteiger partial charge in [-0.25, -0.2) is 0 Å². The molecule has 8 heavy (non-hydrogen) atoms. The molecular formula is C5H13BiO2. The zero-order chi connectivity index (χ0) is 5.86. The maximum atomic E-state index is 9.81. The van der Waals surface area contributed by atoms with Crippen LogP contribution in [0.25, 0.3) is 0 Å². The summed E-state index contributed by atoms with van der Waals surface area (Å²) < 4.78 is 0. The summed E-state index contributed by atoms with van der Waals surface area (Å²) in [6.07, 6.45) is 0.278. The molecule has 0 heterocycles. The molecule has 0 radical (unpaired) electrons. The number of aliphatic carboxylic acids is 1. The standard InChI is InChI=1S/C5H10O2.Bi.3H/c1-4(2)3-5(6)7;;;;/h4H,3H2,1-2H3,(H,6,7);;;;. The van der Waals surface area contributed by atoms with Crippen LogP contribution in [0.4, 0.5) is 0 Å². The minimum atomic E-state index is -0.713. The molecule has 0 spiro atoms. The Labute approximate surface area is 68.4 Å². The van der Waals surface area contributed by atoms with Crippen LogP contribution >= 0.6 is 0 Å². The first kappa shape index (κ1) is 11.2. The van der Waals surface area contributed by atoms with Gasteiger partial charge >= 0.3 is 32.2 Å². The van der Waals surface area contributed by atoms with Crippen molar-refractivity contribution in [2.24, 2.45) is 5.92 Å². The molecule has 1 N–H and O–H groups in total. The van der Waals surface area contributed by atoms with E-state index in [1.54, 1.807) is 0 Å². The monoisotopic (exact) mass is 314 g/mol. The van der Waals surface area contributed by atoms with Gasteiger partial charge in [-0.05, 0) is 5.92 Å². The molecule has 0 saturated carbocycles. The fourth-order valence-corrected chi connectivity index (χ4v) is 0.349. The third-order valence-electron chi connectivity index (χ3n) is 0.583. The van der Waals surface area contributed by atoms with Gasteiger partial charge in [-0.2, -0.15) is 0 Å². The van der Waals surface area contributed by atoms with Crippen LogP contribution in [0.15, 0.2) is 0 Å². The Morgan fingerprint density at radius 2 is 2.00 bits per heavy atom. The number of hydrogen-bond donors (Lipinski definition) is 1. The van der Waals surface area contributed by atoms with Gasteiger partial charge in [-0.1, -0.05) is 13.8 Å². The average Bonchev–Trinajstić information content (AvgIpc) is 1.27. The van der Waals surface area contributed by atoms with Gasteiger partial charge in [0.05, 0.1) is 0 Å². The first-order valence-electron chi connectivity index (χ1n) is 2.34. The normalized spacial score (nSPS) is 8.38. The SMILES string of the molecule is CC(C)CC(=O)O.[BiH3]. The van der Waals surface area contributed by atoms with Crippen LogP contribution in [0.2, 0.25) is 0 Å². The first-order valence-corrected chi connectivity index (χ1v) is 2.34. The molecule has 0 aliphatic rings. The van der Waals surface area contributed by atoms with E-state index >= 15 is 0 Å². The number of carboxylic acid groups (broad SMARTS) is 1. The second-order valence-corrected chi connectivity index (χ2v) is 1.99. The number of carbonyl (C=O) groups is 1. The summed E-state index contributed by atoms with van der Waals surface area (Å²) in [4.78, 5) is 9.81. The van der Waals surface area contributed by atoms with E-state index in [0.29, 0.717) is 0 Å². The van der Waals surface area contributed by atoms with Gasteiger partial charge in [0.1, 0.15) is 0 Å². The molecule has 2 nitrogen and oxygen atoms in total. The van der Waals surface area contributed by atoms with Crippen LogP contribution < -0.4 is 0 Å². The van der Waals surface area contributed by atoms with Gasteiger partial charge < -0.3 is 5.11 Å². The van der Waals surface area contributed by atoms with Crippen LogP contribution in [0, 0.1) is 5.92 Å². The van der Waals surface area contributed by atoms with Crippen molar-refractivity contribution in [3.05, 3.63) is 0 Å². The Balaban J connectivity index is 0. The topological polar surface area (TPSA) is 37.3 Å². The van der Waals surface area contributed by atoms with Crippen LogP contribution in [0.3, 0.4) is 0 Å². The summed E-state index contributed by atoms with van der Waals surface area (Å²) in [6, 6.07) is 0. The predicted molar refractivity (Wildman–Crippen MR) is 37.0 cm³/mol. The fraction of sp³-hybridized carbons (Fsp3) is 0.800. The van der Waals surface area contributed by atoms with Gasteiger partial charge in [-0.15, -0.1) is 0 Å². The van der Waals surface area contributed by atoms with Gasteiger partial charge in [0.2, 0.25) is 0 Å². The molecule has 0 saturated heterocycles. The summed E-state index contributed by atoms with van der Waals surface area (Å²) in [5.41, 5.74) is 0. The third kappa shape index (κ3) is 9.61. The number of carboxylic acids is 1. The van der Waals surface area contributed by atoms with Crippen molar-refractivity contribution in [2.45, 2.75) is 20.3 Å². The average molecular weight is 314 g/mol. The van der Waals surface area contributed by atoms with Crippen molar-refractivity contribution in [1.82, 2.24) is 0 Å². The van der Waals surface area contributed by atoms with E-state index in [9.17, 15) is 4.79 Å². The number of hydrogen-bond acceptors (Lipinski definition) is 1. The van der Waals surface area contributed by atoms with E-state index in [2.05, 4.69) is 0 Å². The fourth-order valence-electron chi connectivity index (χ4n) is 0.349. The molecule has 3 heteroatoms. The molecule has 0 aromatic carbocycles. The van der Waals surface area contributed by atoms with E-state index in [1.165, 1.54) is 0 Å².